The van der Waals surface area contributed by atoms with Gasteiger partial charge in [0.1, 0.15) is 16.9 Å². The molecule has 0 aliphatic carbocycles. The summed E-state index contributed by atoms with van der Waals surface area (Å²) in [6.07, 6.45) is 0. The lowest BCUT2D eigenvalue weighted by Crippen LogP contribution is -2.25. The molecule has 0 atom stereocenters. The molecule has 0 saturated heterocycles. The molecule has 4 aromatic rings. The topological polar surface area (TPSA) is 77.1 Å². The van der Waals surface area contributed by atoms with Gasteiger partial charge in [0.05, 0.1) is 11.4 Å². The number of rotatable bonds is 5. The summed E-state index contributed by atoms with van der Waals surface area (Å²) in [5.41, 5.74) is 1.07. The van der Waals surface area contributed by atoms with Gasteiger partial charge in [-0.2, -0.15) is 0 Å². The molecule has 0 spiro atoms. The summed E-state index contributed by atoms with van der Waals surface area (Å²) < 4.78 is 21.0. The van der Waals surface area contributed by atoms with Crippen LogP contribution in [0.2, 0.25) is 0 Å². The first kappa shape index (κ1) is 19.2. The third kappa shape index (κ3) is 3.63. The van der Waals surface area contributed by atoms with Gasteiger partial charge in [-0.15, -0.1) is 0 Å². The van der Waals surface area contributed by atoms with Crippen molar-refractivity contribution in [1.29, 1.82) is 0 Å². The lowest BCUT2D eigenvalue weighted by atomic mass is 10.2. The zero-order valence-electron chi connectivity index (χ0n) is 15.8. The number of para-hydroxylation sites is 2. The van der Waals surface area contributed by atoms with Gasteiger partial charge in [-0.1, -0.05) is 36.0 Å². The molecule has 0 fully saturated rings. The quantitative estimate of drug-likeness (QED) is 0.384. The van der Waals surface area contributed by atoms with Crippen molar-refractivity contribution in [2.75, 3.05) is 11.1 Å². The van der Waals surface area contributed by atoms with Gasteiger partial charge in [-0.25, -0.2) is 9.37 Å². The number of fused-ring (bicyclic) bond motifs is 3. The molecule has 8 heteroatoms. The normalized spacial score (nSPS) is 11.4. The Kier molecular flexibility index (Phi) is 5.10. The molecule has 0 unspecified atom stereocenters. The van der Waals surface area contributed by atoms with E-state index in [-0.39, 0.29) is 34.5 Å². The Labute approximate surface area is 169 Å². The third-order valence-corrected chi connectivity index (χ3v) is 5.35. The van der Waals surface area contributed by atoms with Crippen molar-refractivity contribution in [3.8, 4) is 0 Å². The molecule has 0 bridgehead atoms. The number of nitrogens with zero attached hydrogens (tertiary/aromatic N) is 2. The van der Waals surface area contributed by atoms with Crippen LogP contribution in [-0.2, 0) is 4.79 Å². The number of nitrogens with one attached hydrogen (secondary N) is 1. The van der Waals surface area contributed by atoms with Crippen molar-refractivity contribution in [3.63, 3.8) is 0 Å². The largest absolute Gasteiger partial charge is 0.448 e. The second kappa shape index (κ2) is 7.71. The van der Waals surface area contributed by atoms with E-state index in [1.54, 1.807) is 18.2 Å². The highest BCUT2D eigenvalue weighted by Gasteiger charge is 2.20. The molecule has 1 N–H and O–H groups in total. The molecular formula is C21H18FN3O3S. The molecule has 1 amide bonds. The maximum absolute atomic E-state index is 13.7. The van der Waals surface area contributed by atoms with Crippen LogP contribution in [0.4, 0.5) is 10.1 Å². The number of carbonyl (C=O) groups excluding carboxylic acids is 1. The van der Waals surface area contributed by atoms with E-state index in [0.717, 1.165) is 17.1 Å². The second-order valence-corrected chi connectivity index (χ2v) is 7.70. The van der Waals surface area contributed by atoms with E-state index in [1.807, 2.05) is 32.0 Å². The predicted molar refractivity (Wildman–Crippen MR) is 112 cm³/mol. The van der Waals surface area contributed by atoms with Crippen LogP contribution < -0.4 is 10.9 Å². The van der Waals surface area contributed by atoms with E-state index in [1.165, 1.54) is 16.7 Å². The van der Waals surface area contributed by atoms with Gasteiger partial charge >= 0.3 is 0 Å². The Hall–Kier alpha value is -3.13. The first-order valence-corrected chi connectivity index (χ1v) is 10.0. The second-order valence-electron chi connectivity index (χ2n) is 6.76. The number of anilines is 1. The molecule has 0 aliphatic heterocycles. The lowest BCUT2D eigenvalue weighted by Gasteiger charge is -2.14. The van der Waals surface area contributed by atoms with Gasteiger partial charge in [-0.05, 0) is 38.1 Å². The summed E-state index contributed by atoms with van der Waals surface area (Å²) >= 11 is 1.13. The first-order chi connectivity index (χ1) is 14.0. The number of aromatic nitrogens is 2. The van der Waals surface area contributed by atoms with Crippen LogP contribution in [0, 0.1) is 5.82 Å². The smallest absolute Gasteiger partial charge is 0.298 e. The standard InChI is InChI=1S/C21H18FN3O3S/c1-12(2)25-20(27)19-18(13-7-3-6-10-16(13)28-19)24-21(25)29-11-17(26)23-15-9-5-4-8-14(15)22/h3-10,12H,11H2,1-2H3,(H,23,26). The van der Waals surface area contributed by atoms with Crippen molar-refractivity contribution in [2.45, 2.75) is 25.0 Å². The van der Waals surface area contributed by atoms with E-state index < -0.39 is 5.82 Å². The average Bonchev–Trinajstić information content (AvgIpc) is 3.07. The molecule has 0 saturated carbocycles. The van der Waals surface area contributed by atoms with Crippen LogP contribution in [0.3, 0.4) is 0 Å². The van der Waals surface area contributed by atoms with Crippen LogP contribution in [0.15, 0.2) is 62.9 Å². The number of benzene rings is 2. The molecule has 0 aliphatic rings. The van der Waals surface area contributed by atoms with Crippen LogP contribution in [0.25, 0.3) is 22.1 Å². The van der Waals surface area contributed by atoms with Crippen molar-refractivity contribution < 1.29 is 13.6 Å². The zero-order valence-corrected chi connectivity index (χ0v) is 16.6. The highest BCUT2D eigenvalue weighted by molar-refractivity contribution is 7.99. The maximum Gasteiger partial charge on any atom is 0.298 e. The predicted octanol–water partition coefficient (Wildman–Crippen LogP) is 4.59. The number of hydrogen-bond acceptors (Lipinski definition) is 5. The molecule has 29 heavy (non-hydrogen) atoms. The van der Waals surface area contributed by atoms with Gasteiger partial charge < -0.3 is 9.73 Å². The third-order valence-electron chi connectivity index (χ3n) is 4.39. The van der Waals surface area contributed by atoms with Crippen LogP contribution >= 0.6 is 11.8 Å². The lowest BCUT2D eigenvalue weighted by molar-refractivity contribution is -0.113. The van der Waals surface area contributed by atoms with Crippen LogP contribution in [0.1, 0.15) is 19.9 Å². The number of furan rings is 1. The Morgan fingerprint density at radius 2 is 1.93 bits per heavy atom. The van der Waals surface area contributed by atoms with Gasteiger partial charge in [0, 0.05) is 11.4 Å². The van der Waals surface area contributed by atoms with Crippen LogP contribution in [0.5, 0.6) is 0 Å². The summed E-state index contributed by atoms with van der Waals surface area (Å²) in [6.45, 7) is 3.72. The van der Waals surface area contributed by atoms with Crippen molar-refractivity contribution in [3.05, 3.63) is 64.7 Å². The fourth-order valence-corrected chi connectivity index (χ4v) is 3.99. The molecular weight excluding hydrogens is 393 g/mol. The molecule has 2 heterocycles. The Morgan fingerprint density at radius 1 is 1.21 bits per heavy atom. The van der Waals surface area contributed by atoms with Gasteiger partial charge in [0.25, 0.3) is 5.56 Å². The fraction of sp³-hybridized carbons (Fsp3) is 0.190. The minimum absolute atomic E-state index is 0.0191. The Bertz CT molecular complexity index is 1280. The van der Waals surface area contributed by atoms with E-state index in [2.05, 4.69) is 10.3 Å². The average molecular weight is 411 g/mol. The Balaban J connectivity index is 1.68. The van der Waals surface area contributed by atoms with E-state index >= 15 is 0 Å². The van der Waals surface area contributed by atoms with Crippen molar-refractivity contribution in [1.82, 2.24) is 9.55 Å². The minimum Gasteiger partial charge on any atom is -0.448 e. The van der Waals surface area contributed by atoms with Crippen molar-refractivity contribution in [2.24, 2.45) is 0 Å². The van der Waals surface area contributed by atoms with Crippen molar-refractivity contribution >= 4 is 45.4 Å². The van der Waals surface area contributed by atoms with Gasteiger partial charge in [0.2, 0.25) is 11.5 Å². The molecule has 2 aromatic heterocycles. The summed E-state index contributed by atoms with van der Waals surface area (Å²) in [7, 11) is 0. The minimum atomic E-state index is -0.505. The zero-order chi connectivity index (χ0) is 20.5. The summed E-state index contributed by atoms with van der Waals surface area (Å²) in [5, 5.41) is 3.69. The molecule has 4 rings (SSSR count). The number of amides is 1. The summed E-state index contributed by atoms with van der Waals surface area (Å²) in [5.74, 6) is -0.912. The SMILES string of the molecule is CC(C)n1c(SCC(=O)Nc2ccccc2F)nc2c(oc3ccccc32)c1=O. The molecule has 148 valence electrons. The van der Waals surface area contributed by atoms with Crippen LogP contribution in [-0.4, -0.2) is 21.2 Å². The molecule has 6 nitrogen and oxygen atoms in total. The van der Waals surface area contributed by atoms with E-state index in [0.29, 0.717) is 16.3 Å². The highest BCUT2D eigenvalue weighted by Crippen LogP contribution is 2.28. The number of halogens is 1. The molecule has 2 aromatic carbocycles. The van der Waals surface area contributed by atoms with Gasteiger partial charge in [-0.3, -0.25) is 14.2 Å². The van der Waals surface area contributed by atoms with E-state index in [9.17, 15) is 14.0 Å². The summed E-state index contributed by atoms with van der Waals surface area (Å²) in [6, 6.07) is 13.1. The summed E-state index contributed by atoms with van der Waals surface area (Å²) in [4.78, 5) is 29.9. The number of carbonyl (C=O) groups is 1. The highest BCUT2D eigenvalue weighted by atomic mass is 32.2. The number of thioether (sulfide) groups is 1. The molecule has 0 radical (unpaired) electrons. The Morgan fingerprint density at radius 3 is 2.69 bits per heavy atom. The maximum atomic E-state index is 13.7. The van der Waals surface area contributed by atoms with E-state index in [4.69, 9.17) is 4.42 Å². The monoisotopic (exact) mass is 411 g/mol. The number of hydrogen-bond donors (Lipinski definition) is 1. The first-order valence-electron chi connectivity index (χ1n) is 9.06. The fourth-order valence-electron chi connectivity index (χ4n) is 3.07. The van der Waals surface area contributed by atoms with Gasteiger partial charge in [0.15, 0.2) is 5.16 Å².